The summed E-state index contributed by atoms with van der Waals surface area (Å²) in [6, 6.07) is 36.3. The Hall–Kier alpha value is -4.37. The highest BCUT2D eigenvalue weighted by molar-refractivity contribution is 7.48. The van der Waals surface area contributed by atoms with Gasteiger partial charge in [0.2, 0.25) is 0 Å². The van der Waals surface area contributed by atoms with E-state index in [1.165, 1.54) is 0 Å². The van der Waals surface area contributed by atoms with Crippen LogP contribution < -0.4 is 9.05 Å². The Morgan fingerprint density at radius 1 is 0.564 bits per heavy atom. The normalized spacial score (nSPS) is 13.7. The Morgan fingerprint density at radius 2 is 1.00 bits per heavy atom. The molecule has 6 aromatic rings. The summed E-state index contributed by atoms with van der Waals surface area (Å²) in [5, 5.41) is 3.84. The largest absolute Gasteiger partial charge is 0.584 e. The third kappa shape index (κ3) is 4.01. The molecule has 0 radical (unpaired) electrons. The molecule has 7 rings (SSSR count). The zero-order chi connectivity index (χ0) is 26.7. The fourth-order valence-corrected chi connectivity index (χ4v) is 6.52. The summed E-state index contributed by atoms with van der Waals surface area (Å²) in [5.74, 6) is 0.686. The minimum atomic E-state index is -4.57. The SMILES string of the molecule is Cc1cccc(-c2cc3ccccc3c3c2OP(=O)(O)Oc2c(-c4cccc(C)c4)cc4ccccc4c2-3)c1. The van der Waals surface area contributed by atoms with Gasteiger partial charge in [0.05, 0.1) is 0 Å². The van der Waals surface area contributed by atoms with E-state index in [0.717, 1.165) is 66.1 Å². The van der Waals surface area contributed by atoms with Crippen molar-refractivity contribution in [3.8, 4) is 44.9 Å². The van der Waals surface area contributed by atoms with Crippen LogP contribution in [0.4, 0.5) is 0 Å². The summed E-state index contributed by atoms with van der Waals surface area (Å²) in [4.78, 5) is 11.2. The minimum Gasteiger partial charge on any atom is -0.394 e. The molecule has 6 aromatic carbocycles. The van der Waals surface area contributed by atoms with Crippen molar-refractivity contribution in [3.63, 3.8) is 0 Å². The minimum absolute atomic E-state index is 0.343. The van der Waals surface area contributed by atoms with Crippen LogP contribution in [0.25, 0.3) is 54.9 Å². The summed E-state index contributed by atoms with van der Waals surface area (Å²) in [6.45, 7) is 4.06. The van der Waals surface area contributed by atoms with Crippen LogP contribution in [-0.2, 0) is 4.57 Å². The van der Waals surface area contributed by atoms with Gasteiger partial charge in [-0.15, -0.1) is 0 Å². The molecule has 190 valence electrons. The first kappa shape index (κ1) is 23.7. The lowest BCUT2D eigenvalue weighted by atomic mass is 9.86. The van der Waals surface area contributed by atoms with E-state index in [1.807, 2.05) is 98.8 Å². The van der Waals surface area contributed by atoms with Crippen molar-refractivity contribution in [2.75, 3.05) is 0 Å². The Morgan fingerprint density at radius 3 is 1.44 bits per heavy atom. The third-order valence-corrected chi connectivity index (χ3v) is 8.15. The zero-order valence-electron chi connectivity index (χ0n) is 21.5. The number of benzene rings is 6. The highest BCUT2D eigenvalue weighted by Gasteiger charge is 2.37. The van der Waals surface area contributed by atoms with Crippen molar-refractivity contribution in [3.05, 3.63) is 120 Å². The molecule has 1 aliphatic heterocycles. The summed E-state index contributed by atoms with van der Waals surface area (Å²) < 4.78 is 25.7. The quantitative estimate of drug-likeness (QED) is 0.227. The molecule has 0 atom stereocenters. The molecule has 0 aromatic heterocycles. The molecule has 0 fully saturated rings. The van der Waals surface area contributed by atoms with Crippen LogP contribution in [0.1, 0.15) is 11.1 Å². The molecule has 5 heteroatoms. The van der Waals surface area contributed by atoms with Crippen molar-refractivity contribution in [2.45, 2.75) is 13.8 Å². The van der Waals surface area contributed by atoms with Crippen molar-refractivity contribution >= 4 is 29.4 Å². The average Bonchev–Trinajstić information content (AvgIpc) is 3.05. The van der Waals surface area contributed by atoms with E-state index < -0.39 is 7.82 Å². The molecule has 0 spiro atoms. The predicted octanol–water partition coefficient (Wildman–Crippen LogP) is 9.48. The number of hydrogen-bond donors (Lipinski definition) is 1. The van der Waals surface area contributed by atoms with Crippen LogP contribution in [0.3, 0.4) is 0 Å². The molecule has 1 aliphatic rings. The molecule has 0 saturated carbocycles. The van der Waals surface area contributed by atoms with E-state index in [-0.39, 0.29) is 0 Å². The van der Waals surface area contributed by atoms with Gasteiger partial charge in [-0.05, 0) is 58.7 Å². The van der Waals surface area contributed by atoms with Crippen LogP contribution in [0.5, 0.6) is 11.5 Å². The summed E-state index contributed by atoms with van der Waals surface area (Å²) in [6.07, 6.45) is 0. The van der Waals surface area contributed by atoms with Gasteiger partial charge in [-0.25, -0.2) is 4.57 Å². The molecule has 0 unspecified atom stereocenters. The Bertz CT molecular complexity index is 1850. The maximum atomic E-state index is 13.7. The van der Waals surface area contributed by atoms with Gasteiger partial charge in [0.1, 0.15) is 11.5 Å². The van der Waals surface area contributed by atoms with Crippen LogP contribution in [-0.4, -0.2) is 4.89 Å². The predicted molar refractivity (Wildman–Crippen MR) is 158 cm³/mol. The Balaban J connectivity index is 1.71. The number of fused-ring (bicyclic) bond motifs is 7. The van der Waals surface area contributed by atoms with Crippen LogP contribution in [0, 0.1) is 13.8 Å². The Labute approximate surface area is 226 Å². The second kappa shape index (κ2) is 8.84. The molecular weight excluding hydrogens is 503 g/mol. The maximum Gasteiger partial charge on any atom is 0.584 e. The second-order valence-electron chi connectivity index (χ2n) is 10.1. The molecule has 0 amide bonds. The van der Waals surface area contributed by atoms with Crippen LogP contribution >= 0.6 is 7.82 Å². The fourth-order valence-electron chi connectivity index (χ4n) is 5.65. The van der Waals surface area contributed by atoms with Crippen molar-refractivity contribution in [1.82, 2.24) is 0 Å². The number of hydrogen-bond acceptors (Lipinski definition) is 3. The summed E-state index contributed by atoms with van der Waals surface area (Å²) >= 11 is 0. The molecular formula is C34H25O4P. The molecule has 0 saturated heterocycles. The smallest absolute Gasteiger partial charge is 0.394 e. The fraction of sp³-hybridized carbons (Fsp3) is 0.0588. The van der Waals surface area contributed by atoms with Gasteiger partial charge in [-0.2, -0.15) is 0 Å². The molecule has 1 heterocycles. The topological polar surface area (TPSA) is 55.8 Å². The number of phosphoric ester groups is 1. The second-order valence-corrected chi connectivity index (χ2v) is 11.4. The lowest BCUT2D eigenvalue weighted by molar-refractivity contribution is 0.295. The van der Waals surface area contributed by atoms with E-state index in [2.05, 4.69) is 24.3 Å². The number of aryl methyl sites for hydroxylation is 2. The first-order valence-corrected chi connectivity index (χ1v) is 14.4. The average molecular weight is 529 g/mol. The van der Waals surface area contributed by atoms with Gasteiger partial charge in [-0.3, -0.25) is 4.89 Å². The van der Waals surface area contributed by atoms with Gasteiger partial charge in [0, 0.05) is 22.3 Å². The van der Waals surface area contributed by atoms with Crippen molar-refractivity contribution in [2.24, 2.45) is 0 Å². The van der Waals surface area contributed by atoms with E-state index in [9.17, 15) is 9.46 Å². The number of phosphoric acid groups is 1. The van der Waals surface area contributed by atoms with Crippen LogP contribution in [0.15, 0.2) is 109 Å². The third-order valence-electron chi connectivity index (χ3n) is 7.32. The van der Waals surface area contributed by atoms with Crippen molar-refractivity contribution in [1.29, 1.82) is 0 Å². The summed E-state index contributed by atoms with van der Waals surface area (Å²) in [7, 11) is -4.57. The van der Waals surface area contributed by atoms with Gasteiger partial charge in [-0.1, -0.05) is 108 Å². The molecule has 0 bridgehead atoms. The zero-order valence-corrected chi connectivity index (χ0v) is 22.4. The maximum absolute atomic E-state index is 13.7. The lowest BCUT2D eigenvalue weighted by Crippen LogP contribution is -2.00. The van der Waals surface area contributed by atoms with Gasteiger partial charge >= 0.3 is 7.82 Å². The highest BCUT2D eigenvalue weighted by Crippen LogP contribution is 2.61. The van der Waals surface area contributed by atoms with E-state index >= 15 is 0 Å². The van der Waals surface area contributed by atoms with E-state index in [1.54, 1.807) is 0 Å². The Kier molecular flexibility index (Phi) is 5.38. The summed E-state index contributed by atoms with van der Waals surface area (Å²) in [5.41, 5.74) is 6.94. The van der Waals surface area contributed by atoms with E-state index in [0.29, 0.717) is 11.5 Å². The van der Waals surface area contributed by atoms with Gasteiger partial charge in [0.15, 0.2) is 0 Å². The van der Waals surface area contributed by atoms with Gasteiger partial charge in [0.25, 0.3) is 0 Å². The van der Waals surface area contributed by atoms with E-state index in [4.69, 9.17) is 9.05 Å². The number of rotatable bonds is 2. The standard InChI is InChI=1S/C34H25O4P/c1-21-9-7-13-23(17-21)29-19-25-11-3-5-15-27(25)31-32-28-16-6-4-12-26(28)20-30(24-14-8-10-22(2)18-24)34(32)38-39(35,36)37-33(29)31/h3-20H,1-2H3,(H,35,36). The molecule has 39 heavy (non-hydrogen) atoms. The molecule has 1 N–H and O–H groups in total. The molecule has 0 aliphatic carbocycles. The first-order chi connectivity index (χ1) is 18.9. The first-order valence-electron chi connectivity index (χ1n) is 12.9. The van der Waals surface area contributed by atoms with Crippen LogP contribution in [0.2, 0.25) is 0 Å². The van der Waals surface area contributed by atoms with Gasteiger partial charge < -0.3 is 9.05 Å². The van der Waals surface area contributed by atoms with Crippen molar-refractivity contribution < 1.29 is 18.5 Å². The monoisotopic (exact) mass is 528 g/mol. The highest BCUT2D eigenvalue weighted by atomic mass is 31.2. The lowest BCUT2D eigenvalue weighted by Gasteiger charge is -2.19. The molecule has 4 nitrogen and oxygen atoms in total.